The van der Waals surface area contributed by atoms with E-state index in [0.717, 1.165) is 12.8 Å². The molecule has 1 heterocycles. The Morgan fingerprint density at radius 1 is 0.750 bits per heavy atom. The van der Waals surface area contributed by atoms with Crippen molar-refractivity contribution in [1.29, 1.82) is 0 Å². The van der Waals surface area contributed by atoms with Crippen molar-refractivity contribution in [2.24, 2.45) is 22.5 Å². The number of epoxide rings is 1. The number of hydrogen-bond donors (Lipinski definition) is 4. The van der Waals surface area contributed by atoms with Gasteiger partial charge in [0, 0.05) is 41.1 Å². The minimum Gasteiger partial charge on any atom is -0.463 e. The van der Waals surface area contributed by atoms with Crippen LogP contribution in [-0.2, 0) is 28.6 Å². The molecule has 0 aromatic heterocycles. The van der Waals surface area contributed by atoms with Crippen molar-refractivity contribution >= 4 is 35.6 Å². The minimum atomic E-state index is -0.877. The van der Waals surface area contributed by atoms with Gasteiger partial charge in [0.2, 0.25) is 11.8 Å². The highest BCUT2D eigenvalue weighted by atomic mass is 16.6. The number of hydrogen-bond acceptors (Lipinski definition) is 9. The van der Waals surface area contributed by atoms with Gasteiger partial charge >= 0.3 is 12.1 Å². The maximum Gasteiger partial charge on any atom is 0.407 e. The molecule has 1 fully saturated rings. The van der Waals surface area contributed by atoms with Crippen molar-refractivity contribution in [3.63, 3.8) is 0 Å². The van der Waals surface area contributed by atoms with Crippen LogP contribution in [0.25, 0.3) is 0 Å². The Morgan fingerprint density at radius 2 is 1.36 bits per heavy atom. The van der Waals surface area contributed by atoms with Crippen LogP contribution in [0.2, 0.25) is 0 Å². The number of rotatable bonds is 27. The lowest BCUT2D eigenvalue weighted by molar-refractivity contribution is -0.156. The molecular formula is C43H62N4O9. The molecule has 2 aromatic rings. The largest absolute Gasteiger partial charge is 0.463 e. The molecule has 56 heavy (non-hydrogen) atoms. The van der Waals surface area contributed by atoms with E-state index in [-0.39, 0.29) is 55.3 Å². The predicted molar refractivity (Wildman–Crippen MR) is 213 cm³/mol. The first kappa shape index (κ1) is 45.6. The second kappa shape index (κ2) is 23.3. The summed E-state index contributed by atoms with van der Waals surface area (Å²) in [4.78, 5) is 76.3. The molecule has 1 aliphatic rings. The van der Waals surface area contributed by atoms with Gasteiger partial charge in [-0.15, -0.1) is 0 Å². The number of nitrogens with one attached hydrogen (secondary N) is 3. The molecule has 1 aliphatic heterocycles. The molecule has 2 aromatic carbocycles. The van der Waals surface area contributed by atoms with Crippen LogP contribution >= 0.6 is 0 Å². The number of primary amides is 1. The average molecular weight is 779 g/mol. The Balaban J connectivity index is 1.49. The number of ether oxygens (including phenoxy) is 3. The van der Waals surface area contributed by atoms with Crippen molar-refractivity contribution in [1.82, 2.24) is 16.0 Å². The third-order valence-electron chi connectivity index (χ3n) is 10.5. The zero-order valence-corrected chi connectivity index (χ0v) is 33.6. The summed E-state index contributed by atoms with van der Waals surface area (Å²) >= 11 is 0. The van der Waals surface area contributed by atoms with E-state index in [0.29, 0.717) is 94.2 Å². The van der Waals surface area contributed by atoms with Crippen molar-refractivity contribution < 1.29 is 43.0 Å². The standard InChI is InChI=1S/C43H62N4O9/c1-5-7-21-42(3,39(51)46-26-13-25-45-38(50)34-19-17-33(18-20-34)36(48)32-14-9-8-10-15-32)23-12-24-43(4,22-11-16-31(6-2)37(44)49)40(52)54-28-27-47-41(53)56-30-35-29-55-35/h8-10,14-15,17-20,31,35H,5-7,11-13,16,21-30H2,1-4H3,(H2,44,49)(H,45,50)(H,46,51)(H,47,53). The zero-order chi connectivity index (χ0) is 41.0. The first-order chi connectivity index (χ1) is 26.8. The summed E-state index contributed by atoms with van der Waals surface area (Å²) < 4.78 is 15.7. The Morgan fingerprint density at radius 3 is 2.00 bits per heavy atom. The molecule has 0 spiro atoms. The molecule has 0 radical (unpaired) electrons. The van der Waals surface area contributed by atoms with E-state index in [1.165, 1.54) is 0 Å². The van der Waals surface area contributed by atoms with Gasteiger partial charge in [0.1, 0.15) is 19.3 Å². The third-order valence-corrected chi connectivity index (χ3v) is 10.5. The molecular weight excluding hydrogens is 716 g/mol. The highest BCUT2D eigenvalue weighted by Crippen LogP contribution is 2.37. The second-order valence-electron chi connectivity index (χ2n) is 15.2. The van der Waals surface area contributed by atoms with Gasteiger partial charge in [0.05, 0.1) is 18.6 Å². The van der Waals surface area contributed by atoms with E-state index in [1.807, 2.05) is 26.8 Å². The highest BCUT2D eigenvalue weighted by molar-refractivity contribution is 6.09. The second-order valence-corrected chi connectivity index (χ2v) is 15.2. The minimum absolute atomic E-state index is 0.0263. The van der Waals surface area contributed by atoms with Crippen LogP contribution in [0.15, 0.2) is 54.6 Å². The third kappa shape index (κ3) is 15.4. The quantitative estimate of drug-likeness (QED) is 0.0371. The molecule has 0 bridgehead atoms. The SMILES string of the molecule is CCCCC(C)(CCCC(C)(CCCC(CC)C(N)=O)C(=O)OCCNC(=O)OCC1CO1)C(=O)NCCCNC(=O)c1ccc(C(=O)c2ccccc2)cc1. The van der Waals surface area contributed by atoms with Crippen molar-refractivity contribution in [2.45, 2.75) is 104 Å². The monoisotopic (exact) mass is 778 g/mol. The lowest BCUT2D eigenvalue weighted by atomic mass is 9.74. The molecule has 13 heteroatoms. The summed E-state index contributed by atoms with van der Waals surface area (Å²) in [5, 5.41) is 8.52. The highest BCUT2D eigenvalue weighted by Gasteiger charge is 2.37. The van der Waals surface area contributed by atoms with E-state index in [4.69, 9.17) is 19.9 Å². The van der Waals surface area contributed by atoms with Crippen LogP contribution in [0.1, 0.15) is 125 Å². The van der Waals surface area contributed by atoms with Gasteiger partial charge in [0.15, 0.2) is 5.78 Å². The Labute approximate surface area is 331 Å². The Hall–Kier alpha value is -4.78. The lowest BCUT2D eigenvalue weighted by Crippen LogP contribution is -2.40. The molecule has 4 unspecified atom stereocenters. The number of carbonyl (C=O) groups excluding carboxylic acids is 6. The number of amides is 4. The van der Waals surface area contributed by atoms with Gasteiger partial charge in [-0.3, -0.25) is 24.0 Å². The topological polar surface area (TPSA) is 196 Å². The fraction of sp³-hybridized carbons (Fsp3) is 0.581. The molecule has 4 amide bonds. The summed E-state index contributed by atoms with van der Waals surface area (Å²) in [5.74, 6) is -1.47. The van der Waals surface area contributed by atoms with Crippen LogP contribution in [0.4, 0.5) is 4.79 Å². The first-order valence-corrected chi connectivity index (χ1v) is 20.1. The molecule has 13 nitrogen and oxygen atoms in total. The summed E-state index contributed by atoms with van der Waals surface area (Å²) in [7, 11) is 0. The molecule has 3 rings (SSSR count). The number of alkyl carbamates (subject to hydrolysis) is 1. The maximum absolute atomic E-state index is 13.6. The average Bonchev–Trinajstić information content (AvgIpc) is 4.04. The van der Waals surface area contributed by atoms with Crippen molar-refractivity contribution in [3.05, 3.63) is 71.3 Å². The maximum atomic E-state index is 13.6. The van der Waals surface area contributed by atoms with Gasteiger partial charge in [-0.25, -0.2) is 4.79 Å². The molecule has 4 atom stereocenters. The van der Waals surface area contributed by atoms with Gasteiger partial charge in [0.25, 0.3) is 5.91 Å². The predicted octanol–water partition coefficient (Wildman–Crippen LogP) is 5.88. The lowest BCUT2D eigenvalue weighted by Gasteiger charge is -2.32. The van der Waals surface area contributed by atoms with E-state index in [1.54, 1.807) is 48.5 Å². The summed E-state index contributed by atoms with van der Waals surface area (Å²) in [5.41, 5.74) is 5.55. The number of carbonyl (C=O) groups is 6. The fourth-order valence-corrected chi connectivity index (χ4v) is 6.59. The fourth-order valence-electron chi connectivity index (χ4n) is 6.59. The normalized spacial score (nSPS) is 16.0. The number of benzene rings is 2. The number of nitrogens with two attached hydrogens (primary N) is 1. The molecule has 5 N–H and O–H groups in total. The van der Waals surface area contributed by atoms with Gasteiger partial charge in [-0.1, -0.05) is 88.9 Å². The number of ketones is 1. The van der Waals surface area contributed by atoms with Gasteiger partial charge < -0.3 is 35.9 Å². The van der Waals surface area contributed by atoms with Gasteiger partial charge in [-0.05, 0) is 64.0 Å². The molecule has 0 aliphatic carbocycles. The molecule has 1 saturated heterocycles. The smallest absolute Gasteiger partial charge is 0.407 e. The summed E-state index contributed by atoms with van der Waals surface area (Å²) in [6.07, 6.45) is 6.22. The summed E-state index contributed by atoms with van der Waals surface area (Å²) in [6.45, 7) is 9.36. The Bertz CT molecular complexity index is 1580. The number of esters is 1. The van der Waals surface area contributed by atoms with E-state index in [2.05, 4.69) is 22.9 Å². The van der Waals surface area contributed by atoms with Crippen LogP contribution in [0.3, 0.4) is 0 Å². The summed E-state index contributed by atoms with van der Waals surface area (Å²) in [6, 6.07) is 15.5. The number of unbranched alkanes of at least 4 members (excludes halogenated alkanes) is 1. The molecule has 0 saturated carbocycles. The van der Waals surface area contributed by atoms with Crippen molar-refractivity contribution in [3.8, 4) is 0 Å². The molecule has 308 valence electrons. The van der Waals surface area contributed by atoms with Crippen molar-refractivity contribution in [2.75, 3.05) is 39.5 Å². The zero-order valence-electron chi connectivity index (χ0n) is 33.6. The van der Waals surface area contributed by atoms with Crippen LogP contribution < -0.4 is 21.7 Å². The Kier molecular flexibility index (Phi) is 19.0. The van der Waals surface area contributed by atoms with Crippen LogP contribution in [-0.4, -0.2) is 81.1 Å². The van der Waals surface area contributed by atoms with E-state index < -0.39 is 22.9 Å². The van der Waals surface area contributed by atoms with Crippen LogP contribution in [0, 0.1) is 16.7 Å². The van der Waals surface area contributed by atoms with E-state index in [9.17, 15) is 28.8 Å². The van der Waals surface area contributed by atoms with Gasteiger partial charge in [-0.2, -0.15) is 0 Å². The van der Waals surface area contributed by atoms with Crippen LogP contribution in [0.5, 0.6) is 0 Å². The van der Waals surface area contributed by atoms with E-state index >= 15 is 0 Å². The first-order valence-electron chi connectivity index (χ1n) is 20.1.